The second-order valence-electron chi connectivity index (χ2n) is 16.4. The Morgan fingerprint density at radius 3 is 1.10 bits per heavy atom. The van der Waals surface area contributed by atoms with Crippen LogP contribution >= 0.6 is 0 Å². The Bertz CT molecular complexity index is 796. The van der Waals surface area contributed by atoms with Crippen LogP contribution in [-0.4, -0.2) is 37.2 Å². The molecule has 2 atom stereocenters. The highest BCUT2D eigenvalue weighted by atomic mass is 16.6. The third kappa shape index (κ3) is 38.1. The molecule has 0 N–H and O–H groups in total. The first-order valence-electron chi connectivity index (χ1n) is 22.8. The lowest BCUT2D eigenvalue weighted by Gasteiger charge is -2.18. The maximum absolute atomic E-state index is 12.6. The lowest BCUT2D eigenvalue weighted by atomic mass is 9.99. The molecule has 0 amide bonds. The van der Waals surface area contributed by atoms with E-state index < -0.39 is 6.10 Å². The van der Waals surface area contributed by atoms with Gasteiger partial charge in [0.25, 0.3) is 0 Å². The molecule has 0 aliphatic heterocycles. The van der Waals surface area contributed by atoms with Crippen molar-refractivity contribution in [1.29, 1.82) is 0 Å². The fourth-order valence-electron chi connectivity index (χ4n) is 6.72. The van der Waals surface area contributed by atoms with Crippen molar-refractivity contribution in [2.24, 2.45) is 11.8 Å². The molecule has 0 radical (unpaired) electrons. The molecule has 0 fully saturated rings. The van der Waals surface area contributed by atoms with Crippen LogP contribution < -0.4 is 0 Å². The maximum Gasteiger partial charge on any atom is 0.306 e. The van der Waals surface area contributed by atoms with E-state index in [1.807, 2.05) is 0 Å². The number of ether oxygens (including phenoxy) is 3. The van der Waals surface area contributed by atoms with Gasteiger partial charge in [0, 0.05) is 19.3 Å². The zero-order valence-corrected chi connectivity index (χ0v) is 35.4. The van der Waals surface area contributed by atoms with Crippen LogP contribution in [0.4, 0.5) is 0 Å². The molecule has 0 aromatic heterocycles. The minimum absolute atomic E-state index is 0.0655. The molecule has 0 bridgehead atoms. The number of hydrogen-bond acceptors (Lipinski definition) is 6. The Hall–Kier alpha value is -1.59. The van der Waals surface area contributed by atoms with Crippen molar-refractivity contribution < 1.29 is 28.6 Å². The van der Waals surface area contributed by atoms with E-state index in [0.29, 0.717) is 19.3 Å². The molecule has 0 aliphatic carbocycles. The van der Waals surface area contributed by atoms with Crippen molar-refractivity contribution in [2.45, 2.75) is 253 Å². The SMILES string of the molecule is CCCCCCCCCC(=O)O[C@H](COC(=O)CCCCCCCCCCCCC(C)C)COC(=O)CCCCCCCCCCCCC(C)CC. The van der Waals surface area contributed by atoms with Crippen molar-refractivity contribution in [3.05, 3.63) is 0 Å². The number of hydrogen-bond donors (Lipinski definition) is 0. The predicted octanol–water partition coefficient (Wildman–Crippen LogP) is 14.2. The normalized spacial score (nSPS) is 12.6. The molecule has 0 saturated heterocycles. The average molecular weight is 737 g/mol. The standard InChI is InChI=1S/C46H88O6/c1-6-8-9-10-19-28-33-38-46(49)52-43(39-50-44(47)36-31-26-22-17-13-11-15-20-24-29-34-41(3)4)40-51-45(48)37-32-27-23-18-14-12-16-21-25-30-35-42(5)7-2/h41-43H,6-40H2,1-5H3/t42?,43-/m1/s1. The van der Waals surface area contributed by atoms with E-state index in [2.05, 4.69) is 34.6 Å². The molecular weight excluding hydrogens is 649 g/mol. The summed E-state index contributed by atoms with van der Waals surface area (Å²) in [6.45, 7) is 11.3. The second kappa shape index (κ2) is 39.1. The fraction of sp³-hybridized carbons (Fsp3) is 0.935. The monoisotopic (exact) mass is 737 g/mol. The highest BCUT2D eigenvalue weighted by Gasteiger charge is 2.19. The van der Waals surface area contributed by atoms with Gasteiger partial charge in [0.05, 0.1) is 0 Å². The van der Waals surface area contributed by atoms with Gasteiger partial charge < -0.3 is 14.2 Å². The number of unbranched alkanes of at least 4 members (excludes halogenated alkanes) is 24. The van der Waals surface area contributed by atoms with Gasteiger partial charge in [-0.2, -0.15) is 0 Å². The summed E-state index contributed by atoms with van der Waals surface area (Å²) in [6, 6.07) is 0. The van der Waals surface area contributed by atoms with Crippen LogP contribution in [-0.2, 0) is 28.6 Å². The van der Waals surface area contributed by atoms with Crippen LogP contribution in [0.3, 0.4) is 0 Å². The number of esters is 3. The highest BCUT2D eigenvalue weighted by Crippen LogP contribution is 2.17. The zero-order chi connectivity index (χ0) is 38.3. The van der Waals surface area contributed by atoms with Crippen molar-refractivity contribution in [3.63, 3.8) is 0 Å². The summed E-state index contributed by atoms with van der Waals surface area (Å²) >= 11 is 0. The highest BCUT2D eigenvalue weighted by molar-refractivity contribution is 5.71. The summed E-state index contributed by atoms with van der Waals surface area (Å²) in [7, 11) is 0. The van der Waals surface area contributed by atoms with E-state index in [1.165, 1.54) is 135 Å². The Labute approximate surface area is 323 Å². The molecule has 52 heavy (non-hydrogen) atoms. The average Bonchev–Trinajstić information content (AvgIpc) is 3.12. The zero-order valence-electron chi connectivity index (χ0n) is 35.4. The van der Waals surface area contributed by atoms with Crippen LogP contribution in [0.15, 0.2) is 0 Å². The number of carbonyl (C=O) groups is 3. The quantitative estimate of drug-likeness (QED) is 0.0354. The molecule has 0 aliphatic rings. The summed E-state index contributed by atoms with van der Waals surface area (Å²) in [5.74, 6) is 0.824. The molecule has 0 heterocycles. The second-order valence-corrected chi connectivity index (χ2v) is 16.4. The van der Waals surface area contributed by atoms with Crippen LogP contribution in [0.1, 0.15) is 247 Å². The van der Waals surface area contributed by atoms with E-state index >= 15 is 0 Å². The molecule has 0 aromatic carbocycles. The van der Waals surface area contributed by atoms with Gasteiger partial charge in [0.2, 0.25) is 0 Å². The Kier molecular flexibility index (Phi) is 37.9. The summed E-state index contributed by atoms with van der Waals surface area (Å²) in [4.78, 5) is 37.6. The molecule has 6 heteroatoms. The molecule has 0 spiro atoms. The van der Waals surface area contributed by atoms with E-state index in [0.717, 1.165) is 69.6 Å². The van der Waals surface area contributed by atoms with E-state index in [-0.39, 0.29) is 31.1 Å². The van der Waals surface area contributed by atoms with E-state index in [4.69, 9.17) is 14.2 Å². The van der Waals surface area contributed by atoms with Gasteiger partial charge in [-0.15, -0.1) is 0 Å². The van der Waals surface area contributed by atoms with Crippen LogP contribution in [0.2, 0.25) is 0 Å². The van der Waals surface area contributed by atoms with Gasteiger partial charge in [-0.25, -0.2) is 0 Å². The summed E-state index contributed by atoms with van der Waals surface area (Å²) in [6.07, 6.45) is 36.6. The third-order valence-corrected chi connectivity index (χ3v) is 10.6. The topological polar surface area (TPSA) is 78.9 Å². The van der Waals surface area contributed by atoms with Gasteiger partial charge >= 0.3 is 17.9 Å². The molecule has 6 nitrogen and oxygen atoms in total. The van der Waals surface area contributed by atoms with E-state index in [1.54, 1.807) is 0 Å². The molecule has 308 valence electrons. The van der Waals surface area contributed by atoms with Crippen LogP contribution in [0.25, 0.3) is 0 Å². The number of rotatable bonds is 40. The van der Waals surface area contributed by atoms with Crippen molar-refractivity contribution >= 4 is 17.9 Å². The molecular formula is C46H88O6. The molecule has 0 saturated carbocycles. The van der Waals surface area contributed by atoms with Crippen molar-refractivity contribution in [2.75, 3.05) is 13.2 Å². The first-order valence-corrected chi connectivity index (χ1v) is 22.8. The summed E-state index contributed by atoms with van der Waals surface area (Å²) in [5.41, 5.74) is 0. The lowest BCUT2D eigenvalue weighted by Crippen LogP contribution is -2.30. The van der Waals surface area contributed by atoms with Gasteiger partial charge in [-0.3, -0.25) is 14.4 Å². The minimum atomic E-state index is -0.759. The van der Waals surface area contributed by atoms with Crippen molar-refractivity contribution in [3.8, 4) is 0 Å². The molecule has 0 aromatic rings. The Balaban J connectivity index is 4.25. The summed E-state index contributed by atoms with van der Waals surface area (Å²) < 4.78 is 16.7. The third-order valence-electron chi connectivity index (χ3n) is 10.6. The lowest BCUT2D eigenvalue weighted by molar-refractivity contribution is -0.167. The first kappa shape index (κ1) is 50.4. The Morgan fingerprint density at radius 2 is 0.731 bits per heavy atom. The van der Waals surface area contributed by atoms with Gasteiger partial charge in [-0.1, -0.05) is 208 Å². The Morgan fingerprint density at radius 1 is 0.404 bits per heavy atom. The first-order chi connectivity index (χ1) is 25.3. The number of carbonyl (C=O) groups excluding carboxylic acids is 3. The van der Waals surface area contributed by atoms with Gasteiger partial charge in [0.15, 0.2) is 6.10 Å². The van der Waals surface area contributed by atoms with Crippen LogP contribution in [0.5, 0.6) is 0 Å². The maximum atomic E-state index is 12.6. The van der Waals surface area contributed by atoms with Gasteiger partial charge in [0.1, 0.15) is 13.2 Å². The fourth-order valence-corrected chi connectivity index (χ4v) is 6.72. The largest absolute Gasteiger partial charge is 0.462 e. The van der Waals surface area contributed by atoms with Gasteiger partial charge in [-0.05, 0) is 31.1 Å². The van der Waals surface area contributed by atoms with Crippen LogP contribution in [0, 0.1) is 11.8 Å². The molecule has 0 rings (SSSR count). The smallest absolute Gasteiger partial charge is 0.306 e. The van der Waals surface area contributed by atoms with E-state index in [9.17, 15) is 14.4 Å². The van der Waals surface area contributed by atoms with Crippen molar-refractivity contribution in [1.82, 2.24) is 0 Å². The summed E-state index contributed by atoms with van der Waals surface area (Å²) in [5, 5.41) is 0. The predicted molar refractivity (Wildman–Crippen MR) is 220 cm³/mol. The minimum Gasteiger partial charge on any atom is -0.462 e. The molecule has 1 unspecified atom stereocenters.